The van der Waals surface area contributed by atoms with Gasteiger partial charge in [-0.2, -0.15) is 0 Å². The number of likely N-dealkylation sites (N-methyl/N-ethyl adjacent to an activating group) is 1. The highest BCUT2D eigenvalue weighted by Gasteiger charge is 2.19. The number of halogens is 2. The molecule has 0 atom stereocenters. The number of aliphatic carboxylic acids is 1. The van der Waals surface area contributed by atoms with E-state index in [2.05, 4.69) is 0 Å². The van der Waals surface area contributed by atoms with E-state index in [0.29, 0.717) is 6.07 Å². The summed E-state index contributed by atoms with van der Waals surface area (Å²) >= 11 is 0. The van der Waals surface area contributed by atoms with E-state index in [9.17, 15) is 18.4 Å². The van der Waals surface area contributed by atoms with E-state index in [1.807, 2.05) is 0 Å². The molecule has 0 bridgehead atoms. The first-order valence-electron chi connectivity index (χ1n) is 4.76. The molecule has 0 spiro atoms. The minimum Gasteiger partial charge on any atom is -0.480 e. The van der Waals surface area contributed by atoms with Crippen molar-refractivity contribution in [2.24, 2.45) is 0 Å². The summed E-state index contributed by atoms with van der Waals surface area (Å²) in [6.07, 6.45) is 0. The first-order valence-corrected chi connectivity index (χ1v) is 4.76. The smallest absolute Gasteiger partial charge is 0.323 e. The van der Waals surface area contributed by atoms with Crippen LogP contribution in [-0.2, 0) is 4.79 Å². The summed E-state index contributed by atoms with van der Waals surface area (Å²) in [5.41, 5.74) is -0.217. The third-order valence-corrected chi connectivity index (χ3v) is 2.20. The number of carbonyl (C=O) groups excluding carboxylic acids is 1. The van der Waals surface area contributed by atoms with Crippen LogP contribution < -0.4 is 0 Å². The first kappa shape index (κ1) is 13.1. The Balaban J connectivity index is 3.04. The lowest BCUT2D eigenvalue weighted by Crippen LogP contribution is -2.32. The zero-order chi connectivity index (χ0) is 13.2. The minimum absolute atomic E-state index is 0.124. The molecule has 1 amide bonds. The van der Waals surface area contributed by atoms with Crippen LogP contribution in [0.25, 0.3) is 0 Å². The number of carboxylic acids is 1. The van der Waals surface area contributed by atoms with Gasteiger partial charge >= 0.3 is 5.97 Å². The molecule has 0 aliphatic heterocycles. The molecule has 6 heteroatoms. The van der Waals surface area contributed by atoms with Gasteiger partial charge in [-0.15, -0.1) is 0 Å². The molecular weight excluding hydrogens is 232 g/mol. The maximum Gasteiger partial charge on any atom is 0.323 e. The highest BCUT2D eigenvalue weighted by atomic mass is 19.1. The number of hydrogen-bond acceptors (Lipinski definition) is 2. The zero-order valence-electron chi connectivity index (χ0n) is 9.33. The summed E-state index contributed by atoms with van der Waals surface area (Å²) in [6.45, 7) is 0.845. The second-order valence-corrected chi connectivity index (χ2v) is 3.64. The van der Waals surface area contributed by atoms with E-state index in [0.717, 1.165) is 11.0 Å². The zero-order valence-corrected chi connectivity index (χ0v) is 9.33. The highest BCUT2D eigenvalue weighted by molar-refractivity contribution is 5.96. The third-order valence-electron chi connectivity index (χ3n) is 2.20. The van der Waals surface area contributed by atoms with Crippen molar-refractivity contribution in [1.82, 2.24) is 4.90 Å². The van der Waals surface area contributed by atoms with Crippen LogP contribution in [0.2, 0.25) is 0 Å². The predicted octanol–water partition coefficient (Wildman–Crippen LogP) is 1.43. The molecule has 0 unspecified atom stereocenters. The summed E-state index contributed by atoms with van der Waals surface area (Å²) in [6, 6.07) is 1.67. The second-order valence-electron chi connectivity index (χ2n) is 3.64. The van der Waals surface area contributed by atoms with E-state index in [1.165, 1.54) is 14.0 Å². The van der Waals surface area contributed by atoms with Crippen LogP contribution in [0.15, 0.2) is 12.1 Å². The summed E-state index contributed by atoms with van der Waals surface area (Å²) in [4.78, 5) is 22.9. The molecule has 0 radical (unpaired) electrons. The Hall–Kier alpha value is -1.98. The van der Waals surface area contributed by atoms with Crippen molar-refractivity contribution in [3.05, 3.63) is 34.9 Å². The van der Waals surface area contributed by atoms with Crippen molar-refractivity contribution < 1.29 is 23.5 Å². The van der Waals surface area contributed by atoms with Gasteiger partial charge in [0.15, 0.2) is 0 Å². The Bertz CT molecular complexity index is 474. The fourth-order valence-electron chi connectivity index (χ4n) is 1.30. The van der Waals surface area contributed by atoms with Gasteiger partial charge in [-0.25, -0.2) is 8.78 Å². The number of aryl methyl sites for hydroxylation is 1. The van der Waals surface area contributed by atoms with Crippen LogP contribution in [0, 0.1) is 18.6 Å². The average Bonchev–Trinajstić information content (AvgIpc) is 2.21. The molecule has 92 valence electrons. The molecule has 0 heterocycles. The molecule has 0 saturated carbocycles. The van der Waals surface area contributed by atoms with Crippen molar-refractivity contribution in [2.75, 3.05) is 13.6 Å². The van der Waals surface area contributed by atoms with Crippen LogP contribution in [0.1, 0.15) is 15.9 Å². The highest BCUT2D eigenvalue weighted by Crippen LogP contribution is 2.15. The summed E-state index contributed by atoms with van der Waals surface area (Å²) < 4.78 is 26.3. The fraction of sp³-hybridized carbons (Fsp3) is 0.273. The standard InChI is InChI=1S/C11H11F2NO3/c1-6-3-7(9(13)4-8(6)12)11(17)14(2)5-10(15)16/h3-4H,5H2,1-2H3,(H,15,16). The summed E-state index contributed by atoms with van der Waals surface area (Å²) in [5.74, 6) is -3.76. The van der Waals surface area contributed by atoms with Crippen LogP contribution in [0.3, 0.4) is 0 Å². The largest absolute Gasteiger partial charge is 0.480 e. The molecule has 1 rings (SSSR count). The Morgan fingerprint density at radius 3 is 2.41 bits per heavy atom. The normalized spacial score (nSPS) is 10.1. The van der Waals surface area contributed by atoms with Gasteiger partial charge in [-0.05, 0) is 18.6 Å². The number of rotatable bonds is 3. The maximum atomic E-state index is 13.3. The van der Waals surface area contributed by atoms with Gasteiger partial charge in [0.2, 0.25) is 0 Å². The van der Waals surface area contributed by atoms with Gasteiger partial charge in [-0.3, -0.25) is 9.59 Å². The molecular formula is C11H11F2NO3. The monoisotopic (exact) mass is 243 g/mol. The molecule has 0 saturated heterocycles. The van der Waals surface area contributed by atoms with Gasteiger partial charge in [0.1, 0.15) is 18.2 Å². The molecule has 1 aromatic rings. The lowest BCUT2D eigenvalue weighted by atomic mass is 10.1. The van der Waals surface area contributed by atoms with Crippen LogP contribution >= 0.6 is 0 Å². The van der Waals surface area contributed by atoms with Gasteiger partial charge in [0.25, 0.3) is 5.91 Å². The molecule has 4 nitrogen and oxygen atoms in total. The number of carboxylic acid groups (broad SMARTS) is 1. The van der Waals surface area contributed by atoms with Gasteiger partial charge in [0.05, 0.1) is 5.56 Å². The first-order chi connectivity index (χ1) is 7.82. The number of amides is 1. The topological polar surface area (TPSA) is 57.6 Å². The Morgan fingerprint density at radius 1 is 1.29 bits per heavy atom. The van der Waals surface area contributed by atoms with E-state index in [-0.39, 0.29) is 11.1 Å². The van der Waals surface area contributed by atoms with Crippen LogP contribution in [0.4, 0.5) is 8.78 Å². The number of hydrogen-bond donors (Lipinski definition) is 1. The van der Waals surface area contributed by atoms with Crippen LogP contribution in [0.5, 0.6) is 0 Å². The van der Waals surface area contributed by atoms with E-state index in [1.54, 1.807) is 0 Å². The SMILES string of the molecule is Cc1cc(C(=O)N(C)CC(=O)O)c(F)cc1F. The summed E-state index contributed by atoms with van der Waals surface area (Å²) in [7, 11) is 1.23. The van der Waals surface area contributed by atoms with Crippen LogP contribution in [-0.4, -0.2) is 35.5 Å². The summed E-state index contributed by atoms with van der Waals surface area (Å²) in [5, 5.41) is 8.50. The van der Waals surface area contributed by atoms with Crippen molar-refractivity contribution >= 4 is 11.9 Å². The van der Waals surface area contributed by atoms with Gasteiger partial charge in [-0.1, -0.05) is 0 Å². The Labute approximate surface area is 96.5 Å². The van der Waals surface area contributed by atoms with Gasteiger partial charge < -0.3 is 10.0 Å². The lowest BCUT2D eigenvalue weighted by Gasteiger charge is -2.15. The van der Waals surface area contributed by atoms with E-state index < -0.39 is 30.1 Å². The number of nitrogens with zero attached hydrogens (tertiary/aromatic N) is 1. The van der Waals surface area contributed by atoms with Crippen molar-refractivity contribution in [3.8, 4) is 0 Å². The second kappa shape index (κ2) is 4.90. The van der Waals surface area contributed by atoms with E-state index >= 15 is 0 Å². The van der Waals surface area contributed by atoms with Crippen molar-refractivity contribution in [3.63, 3.8) is 0 Å². The van der Waals surface area contributed by atoms with Crippen molar-refractivity contribution in [2.45, 2.75) is 6.92 Å². The maximum absolute atomic E-state index is 13.3. The molecule has 0 aliphatic rings. The van der Waals surface area contributed by atoms with E-state index in [4.69, 9.17) is 5.11 Å². The molecule has 17 heavy (non-hydrogen) atoms. The quantitative estimate of drug-likeness (QED) is 0.873. The molecule has 0 aromatic heterocycles. The number of benzene rings is 1. The van der Waals surface area contributed by atoms with Crippen molar-refractivity contribution in [1.29, 1.82) is 0 Å². The third kappa shape index (κ3) is 2.99. The lowest BCUT2D eigenvalue weighted by molar-refractivity contribution is -0.137. The average molecular weight is 243 g/mol. The molecule has 1 N–H and O–H groups in total. The minimum atomic E-state index is -1.21. The number of carbonyl (C=O) groups is 2. The van der Waals surface area contributed by atoms with Gasteiger partial charge in [0, 0.05) is 13.1 Å². The molecule has 0 aliphatic carbocycles. The Morgan fingerprint density at radius 2 is 1.88 bits per heavy atom. The molecule has 0 fully saturated rings. The molecule has 1 aromatic carbocycles. The Kier molecular flexibility index (Phi) is 3.77. The predicted molar refractivity (Wildman–Crippen MR) is 55.7 cm³/mol. The fourth-order valence-corrected chi connectivity index (χ4v) is 1.30.